The van der Waals surface area contributed by atoms with Crippen LogP contribution < -0.4 is 10.5 Å². The van der Waals surface area contributed by atoms with Gasteiger partial charge in [-0.1, -0.05) is 18.2 Å². The number of benzene rings is 1. The molecule has 0 fully saturated rings. The average Bonchev–Trinajstić information content (AvgIpc) is 2.82. The summed E-state index contributed by atoms with van der Waals surface area (Å²) >= 11 is 1.69. The molecule has 0 bridgehead atoms. The summed E-state index contributed by atoms with van der Waals surface area (Å²) in [4.78, 5) is 0. The second-order valence-electron chi connectivity index (χ2n) is 4.04. The fraction of sp³-hybridized carbons (Fsp3) is 0.231. The van der Waals surface area contributed by atoms with Crippen molar-refractivity contribution in [1.29, 1.82) is 0 Å². The van der Waals surface area contributed by atoms with Crippen LogP contribution in [0.3, 0.4) is 0 Å². The molecule has 1 aliphatic heterocycles. The zero-order valence-electron chi connectivity index (χ0n) is 8.80. The van der Waals surface area contributed by atoms with Crippen molar-refractivity contribution in [3.8, 4) is 5.75 Å². The van der Waals surface area contributed by atoms with E-state index in [0.29, 0.717) is 0 Å². The third-order valence-electron chi connectivity index (χ3n) is 2.97. The predicted molar refractivity (Wildman–Crippen MR) is 65.7 cm³/mol. The van der Waals surface area contributed by atoms with Crippen molar-refractivity contribution >= 4 is 11.3 Å². The van der Waals surface area contributed by atoms with E-state index in [1.54, 1.807) is 11.3 Å². The van der Waals surface area contributed by atoms with Crippen LogP contribution in [0.4, 0.5) is 0 Å². The molecular formula is C13H13NOS. The Bertz CT molecular complexity index is 480. The number of nitrogens with two attached hydrogens (primary N) is 1. The van der Waals surface area contributed by atoms with Crippen molar-refractivity contribution in [2.45, 2.75) is 18.6 Å². The second-order valence-corrected chi connectivity index (χ2v) is 4.82. The Labute approximate surface area is 98.7 Å². The summed E-state index contributed by atoms with van der Waals surface area (Å²) in [5.74, 6) is 0.928. The monoisotopic (exact) mass is 231 g/mol. The minimum Gasteiger partial charge on any atom is -0.485 e. The Morgan fingerprint density at radius 2 is 2.12 bits per heavy atom. The largest absolute Gasteiger partial charge is 0.485 e. The van der Waals surface area contributed by atoms with Gasteiger partial charge in [0.15, 0.2) is 0 Å². The highest BCUT2D eigenvalue weighted by Crippen LogP contribution is 2.39. The molecule has 0 saturated heterocycles. The molecule has 1 aliphatic rings. The van der Waals surface area contributed by atoms with E-state index < -0.39 is 0 Å². The lowest BCUT2D eigenvalue weighted by molar-refractivity contribution is 0.162. The highest BCUT2D eigenvalue weighted by Gasteiger charge is 2.26. The number of fused-ring (bicyclic) bond motifs is 1. The smallest absolute Gasteiger partial charge is 0.126 e. The van der Waals surface area contributed by atoms with Crippen LogP contribution in [0.5, 0.6) is 5.75 Å². The van der Waals surface area contributed by atoms with Gasteiger partial charge in [-0.3, -0.25) is 0 Å². The van der Waals surface area contributed by atoms with Crippen molar-refractivity contribution in [1.82, 2.24) is 0 Å². The summed E-state index contributed by atoms with van der Waals surface area (Å²) in [7, 11) is 0. The van der Waals surface area contributed by atoms with Crippen LogP contribution in [0, 0.1) is 0 Å². The molecule has 2 heterocycles. The Morgan fingerprint density at radius 3 is 2.94 bits per heavy atom. The fourth-order valence-corrected chi connectivity index (χ4v) is 2.82. The molecule has 1 aromatic carbocycles. The van der Waals surface area contributed by atoms with E-state index in [9.17, 15) is 0 Å². The van der Waals surface area contributed by atoms with Gasteiger partial charge in [0.1, 0.15) is 11.9 Å². The van der Waals surface area contributed by atoms with Crippen LogP contribution in [-0.4, -0.2) is 0 Å². The maximum absolute atomic E-state index is 6.17. The lowest BCUT2D eigenvalue weighted by atomic mass is 9.95. The lowest BCUT2D eigenvalue weighted by Crippen LogP contribution is -2.23. The molecule has 16 heavy (non-hydrogen) atoms. The molecule has 0 amide bonds. The summed E-state index contributed by atoms with van der Waals surface area (Å²) < 4.78 is 5.97. The number of para-hydroxylation sites is 1. The molecule has 0 radical (unpaired) electrons. The van der Waals surface area contributed by atoms with E-state index in [2.05, 4.69) is 16.8 Å². The van der Waals surface area contributed by atoms with Crippen molar-refractivity contribution in [2.24, 2.45) is 5.73 Å². The van der Waals surface area contributed by atoms with Gasteiger partial charge < -0.3 is 10.5 Å². The third kappa shape index (κ3) is 1.62. The van der Waals surface area contributed by atoms with Crippen molar-refractivity contribution in [3.05, 3.63) is 52.2 Å². The molecular weight excluding hydrogens is 218 g/mol. The van der Waals surface area contributed by atoms with E-state index in [1.165, 1.54) is 5.56 Å². The van der Waals surface area contributed by atoms with Crippen molar-refractivity contribution < 1.29 is 4.74 Å². The van der Waals surface area contributed by atoms with Crippen LogP contribution in [0.1, 0.15) is 29.7 Å². The second kappa shape index (κ2) is 3.92. The molecule has 82 valence electrons. The van der Waals surface area contributed by atoms with E-state index in [4.69, 9.17) is 10.5 Å². The third-order valence-corrected chi connectivity index (χ3v) is 3.67. The quantitative estimate of drug-likeness (QED) is 0.817. The summed E-state index contributed by atoms with van der Waals surface area (Å²) in [6.45, 7) is 0. The summed E-state index contributed by atoms with van der Waals surface area (Å²) in [6, 6.07) is 10.2. The average molecular weight is 231 g/mol. The summed E-state index contributed by atoms with van der Waals surface area (Å²) in [5, 5.41) is 4.20. The van der Waals surface area contributed by atoms with E-state index in [-0.39, 0.29) is 12.1 Å². The summed E-state index contributed by atoms with van der Waals surface area (Å²) in [6.07, 6.45) is 0.962. The molecule has 1 unspecified atom stereocenters. The first-order valence-corrected chi connectivity index (χ1v) is 6.32. The number of hydrogen-bond donors (Lipinski definition) is 1. The Balaban J connectivity index is 1.95. The van der Waals surface area contributed by atoms with E-state index >= 15 is 0 Å². The van der Waals surface area contributed by atoms with Gasteiger partial charge in [0.05, 0.1) is 0 Å². The van der Waals surface area contributed by atoms with E-state index in [0.717, 1.165) is 17.7 Å². The first-order chi connectivity index (χ1) is 7.84. The van der Waals surface area contributed by atoms with Gasteiger partial charge in [-0.05, 0) is 22.9 Å². The molecule has 2 aromatic rings. The fourth-order valence-electron chi connectivity index (χ4n) is 2.12. The Hall–Kier alpha value is -1.32. The maximum atomic E-state index is 6.17. The lowest BCUT2D eigenvalue weighted by Gasteiger charge is -2.29. The van der Waals surface area contributed by atoms with Gasteiger partial charge in [-0.15, -0.1) is 0 Å². The molecule has 2 atom stereocenters. The van der Waals surface area contributed by atoms with Crippen LogP contribution in [0.2, 0.25) is 0 Å². The van der Waals surface area contributed by atoms with E-state index in [1.807, 2.05) is 24.3 Å². The van der Waals surface area contributed by atoms with Gasteiger partial charge >= 0.3 is 0 Å². The Kier molecular flexibility index (Phi) is 2.42. The first-order valence-electron chi connectivity index (χ1n) is 5.38. The highest BCUT2D eigenvalue weighted by atomic mass is 32.1. The van der Waals surface area contributed by atoms with Crippen molar-refractivity contribution in [2.75, 3.05) is 0 Å². The topological polar surface area (TPSA) is 35.2 Å². The molecule has 0 aliphatic carbocycles. The predicted octanol–water partition coefficient (Wildman–Crippen LogP) is 3.27. The van der Waals surface area contributed by atoms with Gasteiger partial charge in [-0.2, -0.15) is 11.3 Å². The van der Waals surface area contributed by atoms with Crippen LogP contribution in [0.15, 0.2) is 41.1 Å². The molecule has 1 aromatic heterocycles. The number of rotatable bonds is 1. The minimum atomic E-state index is 0.0786. The van der Waals surface area contributed by atoms with Crippen LogP contribution >= 0.6 is 11.3 Å². The molecule has 2 N–H and O–H groups in total. The molecule has 3 heteroatoms. The Morgan fingerprint density at radius 1 is 1.25 bits per heavy atom. The molecule has 2 nitrogen and oxygen atoms in total. The van der Waals surface area contributed by atoms with Crippen LogP contribution in [-0.2, 0) is 0 Å². The van der Waals surface area contributed by atoms with Gasteiger partial charge in [-0.25, -0.2) is 0 Å². The molecule has 3 rings (SSSR count). The number of hydrogen-bond acceptors (Lipinski definition) is 3. The zero-order chi connectivity index (χ0) is 11.0. The minimum absolute atomic E-state index is 0.0786. The molecule has 0 saturated carbocycles. The van der Waals surface area contributed by atoms with Crippen molar-refractivity contribution in [3.63, 3.8) is 0 Å². The standard InChI is InChI=1S/C13H13NOS/c14-11-7-13(9-5-6-16-8-9)15-12-4-2-1-3-10(11)12/h1-6,8,11,13H,7,14H2/t11-,13?/m0/s1. The normalized spacial score (nSPS) is 23.6. The van der Waals surface area contributed by atoms with Gasteiger partial charge in [0, 0.05) is 23.6 Å². The summed E-state index contributed by atoms with van der Waals surface area (Å²) in [5.41, 5.74) is 8.52. The number of thiophene rings is 1. The molecule has 0 spiro atoms. The highest BCUT2D eigenvalue weighted by molar-refractivity contribution is 7.07. The number of ether oxygens (including phenoxy) is 1. The van der Waals surface area contributed by atoms with Crippen LogP contribution in [0.25, 0.3) is 0 Å². The zero-order valence-corrected chi connectivity index (χ0v) is 9.61. The maximum Gasteiger partial charge on any atom is 0.126 e. The first kappa shape index (κ1) is 9.87. The van der Waals surface area contributed by atoms with Gasteiger partial charge in [0.25, 0.3) is 0 Å². The SMILES string of the molecule is N[C@H]1CC(c2ccsc2)Oc2ccccc21. The van der Waals surface area contributed by atoms with Gasteiger partial charge in [0.2, 0.25) is 0 Å².